The Kier molecular flexibility index (Phi) is 3.22. The van der Waals surface area contributed by atoms with Gasteiger partial charge >= 0.3 is 5.97 Å². The zero-order valence-corrected chi connectivity index (χ0v) is 6.56. The van der Waals surface area contributed by atoms with E-state index in [0.29, 0.717) is 12.3 Å². The molecule has 2 N–H and O–H groups in total. The second kappa shape index (κ2) is 4.46. The fourth-order valence-corrected chi connectivity index (χ4v) is 0.708. The average Bonchev–Trinajstić information content (AvgIpc) is 2.06. The fourth-order valence-electron chi connectivity index (χ4n) is 0.708. The summed E-state index contributed by atoms with van der Waals surface area (Å²) < 4.78 is 4.87. The Morgan fingerprint density at radius 1 is 1.67 bits per heavy atom. The number of rotatable bonds is 3. The van der Waals surface area contributed by atoms with E-state index in [1.54, 1.807) is 18.3 Å². The van der Waals surface area contributed by atoms with Crippen LogP contribution in [0.15, 0.2) is 24.5 Å². The fraction of sp³-hybridized carbons (Fsp3) is 0.250. The summed E-state index contributed by atoms with van der Waals surface area (Å²) >= 11 is 0. The molecule has 0 saturated carbocycles. The summed E-state index contributed by atoms with van der Waals surface area (Å²) in [6.07, 6.45) is 3.32. The molecule has 0 aliphatic rings. The highest BCUT2D eigenvalue weighted by Gasteiger charge is 2.01. The summed E-state index contributed by atoms with van der Waals surface area (Å²) in [5, 5.41) is 0. The third-order valence-corrected chi connectivity index (χ3v) is 1.21. The van der Waals surface area contributed by atoms with Crippen molar-refractivity contribution in [3.05, 3.63) is 24.5 Å². The van der Waals surface area contributed by atoms with E-state index >= 15 is 0 Å². The number of aromatic nitrogens is 1. The second-order valence-corrected chi connectivity index (χ2v) is 2.20. The van der Waals surface area contributed by atoms with Gasteiger partial charge in [-0.2, -0.15) is 0 Å². The molecule has 12 heavy (non-hydrogen) atoms. The number of carbonyl (C=O) groups excluding carboxylic acids is 1. The van der Waals surface area contributed by atoms with Crippen LogP contribution in [0.3, 0.4) is 0 Å². The Morgan fingerprint density at radius 3 is 3.08 bits per heavy atom. The highest BCUT2D eigenvalue weighted by atomic mass is 16.5. The van der Waals surface area contributed by atoms with Crippen molar-refractivity contribution in [2.24, 2.45) is 5.73 Å². The third-order valence-electron chi connectivity index (χ3n) is 1.21. The lowest BCUT2D eigenvalue weighted by Gasteiger charge is -2.00. The van der Waals surface area contributed by atoms with Gasteiger partial charge in [0.25, 0.3) is 0 Å². The van der Waals surface area contributed by atoms with Crippen LogP contribution >= 0.6 is 0 Å². The predicted octanol–water partition coefficient (Wildman–Crippen LogP) is 0.336. The van der Waals surface area contributed by atoms with E-state index in [2.05, 4.69) is 4.98 Å². The first-order valence-electron chi connectivity index (χ1n) is 3.63. The van der Waals surface area contributed by atoms with E-state index in [1.165, 1.54) is 6.20 Å². The minimum absolute atomic E-state index is 0.231. The Balaban J connectivity index is 2.47. The Labute approximate surface area is 70.4 Å². The van der Waals surface area contributed by atoms with Crippen molar-refractivity contribution in [2.75, 3.05) is 6.54 Å². The van der Waals surface area contributed by atoms with Gasteiger partial charge in [0.2, 0.25) is 0 Å². The van der Waals surface area contributed by atoms with Gasteiger partial charge in [0.1, 0.15) is 5.75 Å². The van der Waals surface area contributed by atoms with Gasteiger partial charge in [0.05, 0.1) is 12.6 Å². The van der Waals surface area contributed by atoms with Crippen LogP contribution in [0.5, 0.6) is 5.75 Å². The maximum atomic E-state index is 10.9. The lowest BCUT2D eigenvalue weighted by molar-refractivity contribution is -0.134. The molecule has 1 heterocycles. The van der Waals surface area contributed by atoms with E-state index in [0.717, 1.165) is 0 Å². The smallest absolute Gasteiger partial charge is 0.312 e. The number of ether oxygens (including phenoxy) is 1. The van der Waals surface area contributed by atoms with Crippen LogP contribution in [0.25, 0.3) is 0 Å². The number of carbonyl (C=O) groups is 1. The van der Waals surface area contributed by atoms with Crippen molar-refractivity contribution < 1.29 is 9.53 Å². The average molecular weight is 166 g/mol. The van der Waals surface area contributed by atoms with E-state index in [9.17, 15) is 4.79 Å². The zero-order valence-electron chi connectivity index (χ0n) is 6.56. The normalized spacial score (nSPS) is 9.42. The molecule has 0 bridgehead atoms. The number of esters is 1. The quantitative estimate of drug-likeness (QED) is 0.657. The van der Waals surface area contributed by atoms with Crippen LogP contribution in [0.2, 0.25) is 0 Å². The summed E-state index contributed by atoms with van der Waals surface area (Å²) in [5.74, 6) is 0.126. The number of hydrogen-bond acceptors (Lipinski definition) is 4. The van der Waals surface area contributed by atoms with E-state index in [1.807, 2.05) is 0 Å². The zero-order chi connectivity index (χ0) is 8.81. The molecular weight excluding hydrogens is 156 g/mol. The minimum Gasteiger partial charge on any atom is -0.425 e. The van der Waals surface area contributed by atoms with Crippen LogP contribution in [0.1, 0.15) is 6.42 Å². The molecule has 0 fully saturated rings. The molecule has 1 aromatic rings. The molecule has 0 saturated heterocycles. The van der Waals surface area contributed by atoms with Crippen LogP contribution in [-0.4, -0.2) is 17.5 Å². The molecule has 0 aliphatic carbocycles. The van der Waals surface area contributed by atoms with Crippen molar-refractivity contribution in [3.63, 3.8) is 0 Å². The Hall–Kier alpha value is -1.42. The molecule has 0 unspecified atom stereocenters. The van der Waals surface area contributed by atoms with E-state index < -0.39 is 0 Å². The van der Waals surface area contributed by atoms with Crippen LogP contribution < -0.4 is 10.5 Å². The van der Waals surface area contributed by atoms with Crippen LogP contribution in [0.4, 0.5) is 0 Å². The van der Waals surface area contributed by atoms with Crippen LogP contribution in [0, 0.1) is 0 Å². The molecule has 64 valence electrons. The maximum Gasteiger partial charge on any atom is 0.312 e. The second-order valence-electron chi connectivity index (χ2n) is 2.20. The molecule has 0 amide bonds. The van der Waals surface area contributed by atoms with Gasteiger partial charge in [-0.1, -0.05) is 0 Å². The van der Waals surface area contributed by atoms with Crippen LogP contribution in [-0.2, 0) is 4.79 Å². The van der Waals surface area contributed by atoms with E-state index in [4.69, 9.17) is 10.5 Å². The summed E-state index contributed by atoms with van der Waals surface area (Å²) in [5.41, 5.74) is 5.17. The Bertz CT molecular complexity index is 248. The first kappa shape index (κ1) is 8.67. The molecule has 4 nitrogen and oxygen atoms in total. The van der Waals surface area contributed by atoms with E-state index in [-0.39, 0.29) is 12.4 Å². The lowest BCUT2D eigenvalue weighted by Crippen LogP contribution is -2.13. The van der Waals surface area contributed by atoms with Gasteiger partial charge in [-0.05, 0) is 12.1 Å². The van der Waals surface area contributed by atoms with Gasteiger partial charge in [0, 0.05) is 12.7 Å². The number of pyridine rings is 1. The van der Waals surface area contributed by atoms with Gasteiger partial charge in [-0.15, -0.1) is 0 Å². The molecule has 0 aliphatic heterocycles. The molecule has 4 heteroatoms. The third kappa shape index (κ3) is 2.67. The maximum absolute atomic E-state index is 10.9. The molecule has 0 spiro atoms. The van der Waals surface area contributed by atoms with Gasteiger partial charge in [-0.25, -0.2) is 0 Å². The summed E-state index contributed by atoms with van der Waals surface area (Å²) in [7, 11) is 0. The van der Waals surface area contributed by atoms with Crippen molar-refractivity contribution in [1.82, 2.24) is 4.98 Å². The van der Waals surface area contributed by atoms with Crippen molar-refractivity contribution in [1.29, 1.82) is 0 Å². The highest BCUT2D eigenvalue weighted by Crippen LogP contribution is 2.06. The molecule has 1 aromatic heterocycles. The molecule has 0 aromatic carbocycles. The monoisotopic (exact) mass is 166 g/mol. The first-order valence-corrected chi connectivity index (χ1v) is 3.63. The summed E-state index contributed by atoms with van der Waals surface area (Å²) in [4.78, 5) is 14.7. The predicted molar refractivity (Wildman–Crippen MR) is 43.5 cm³/mol. The number of nitrogens with zero attached hydrogens (tertiary/aromatic N) is 1. The molecule has 0 atom stereocenters. The van der Waals surface area contributed by atoms with Gasteiger partial charge < -0.3 is 10.5 Å². The highest BCUT2D eigenvalue weighted by molar-refractivity contribution is 5.72. The summed E-state index contributed by atoms with van der Waals surface area (Å²) in [6.45, 7) is 0.305. The molecule has 1 rings (SSSR count). The molecule has 0 radical (unpaired) electrons. The minimum atomic E-state index is -0.328. The lowest BCUT2D eigenvalue weighted by atomic mass is 10.4. The van der Waals surface area contributed by atoms with Gasteiger partial charge in [0.15, 0.2) is 0 Å². The van der Waals surface area contributed by atoms with Crippen molar-refractivity contribution in [3.8, 4) is 5.75 Å². The Morgan fingerprint density at radius 2 is 2.50 bits per heavy atom. The van der Waals surface area contributed by atoms with Crippen molar-refractivity contribution >= 4 is 5.97 Å². The largest absolute Gasteiger partial charge is 0.425 e. The summed E-state index contributed by atoms with van der Waals surface area (Å²) in [6, 6.07) is 3.37. The number of hydrogen-bond donors (Lipinski definition) is 1. The topological polar surface area (TPSA) is 65.2 Å². The SMILES string of the molecule is NCCC(=O)Oc1cccnc1. The number of nitrogens with two attached hydrogens (primary N) is 1. The van der Waals surface area contributed by atoms with Gasteiger partial charge in [-0.3, -0.25) is 9.78 Å². The molecular formula is C8H10N2O2. The standard InChI is InChI=1S/C8H10N2O2/c9-4-3-8(11)12-7-2-1-5-10-6-7/h1-2,5-6H,3-4,9H2. The first-order chi connectivity index (χ1) is 5.83. The van der Waals surface area contributed by atoms with Crippen molar-refractivity contribution in [2.45, 2.75) is 6.42 Å².